The van der Waals surface area contributed by atoms with Gasteiger partial charge in [0.25, 0.3) is 0 Å². The number of ketones is 1. The molecule has 2 unspecified atom stereocenters. The summed E-state index contributed by atoms with van der Waals surface area (Å²) in [5.41, 5.74) is 3.09. The van der Waals surface area contributed by atoms with Gasteiger partial charge in [0, 0.05) is 17.7 Å². The number of phenolic OH excluding ortho intramolecular Hbond substituents is 1. The maximum Gasteiger partial charge on any atom is 0.226 e. The molecule has 182 valence electrons. The van der Waals surface area contributed by atoms with Crippen molar-refractivity contribution in [2.24, 2.45) is 0 Å². The van der Waals surface area contributed by atoms with E-state index in [9.17, 15) is 9.90 Å². The number of hydrogen-bond acceptors (Lipinski definition) is 9. The number of anilines is 1. The first kappa shape index (κ1) is 22.6. The highest BCUT2D eigenvalue weighted by Crippen LogP contribution is 2.47. The van der Waals surface area contributed by atoms with Crippen LogP contribution in [0, 0.1) is 0 Å². The molecule has 0 spiro atoms. The highest BCUT2D eigenvalue weighted by atomic mass is 16.5. The summed E-state index contributed by atoms with van der Waals surface area (Å²) < 4.78 is 23.5. The van der Waals surface area contributed by atoms with Gasteiger partial charge < -0.3 is 29.4 Å². The zero-order chi connectivity index (χ0) is 24.7. The Morgan fingerprint density at radius 3 is 2.29 bits per heavy atom. The predicted molar refractivity (Wildman–Crippen MR) is 127 cm³/mol. The molecule has 2 aliphatic rings. The lowest BCUT2D eigenvalue weighted by Crippen LogP contribution is -2.33. The van der Waals surface area contributed by atoms with Crippen LogP contribution in [0.4, 0.5) is 5.95 Å². The normalized spacial score (nSPS) is 18.9. The minimum absolute atomic E-state index is 0.00399. The first-order valence-corrected chi connectivity index (χ1v) is 11.1. The average molecular weight is 479 g/mol. The molecule has 3 aromatic rings. The molecule has 2 aromatic carbocycles. The van der Waals surface area contributed by atoms with Crippen LogP contribution >= 0.6 is 0 Å². The van der Waals surface area contributed by atoms with Crippen molar-refractivity contribution in [2.75, 3.05) is 33.8 Å². The highest BCUT2D eigenvalue weighted by Gasteiger charge is 2.40. The summed E-state index contributed by atoms with van der Waals surface area (Å²) in [4.78, 5) is 18.0. The van der Waals surface area contributed by atoms with Crippen LogP contribution in [0.25, 0.3) is 0 Å². The number of fused-ring (bicyclic) bond motifs is 1. The van der Waals surface area contributed by atoms with Crippen LogP contribution in [0.1, 0.15) is 35.9 Å². The van der Waals surface area contributed by atoms with Crippen LogP contribution in [0.15, 0.2) is 47.9 Å². The van der Waals surface area contributed by atoms with Crippen molar-refractivity contribution in [2.45, 2.75) is 24.8 Å². The van der Waals surface area contributed by atoms with E-state index in [2.05, 4.69) is 15.4 Å². The number of aromatic nitrogens is 3. The van der Waals surface area contributed by atoms with Crippen LogP contribution in [-0.2, 0) is 4.79 Å². The number of ether oxygens (including phenoxy) is 4. The number of carbonyl (C=O) groups excluding carboxylic acids is 1. The number of phenols is 1. The van der Waals surface area contributed by atoms with E-state index < -0.39 is 6.04 Å². The number of allylic oxidation sites excluding steroid dienone is 2. The Balaban J connectivity index is 1.58. The van der Waals surface area contributed by atoms with Gasteiger partial charge in [-0.2, -0.15) is 10.1 Å². The van der Waals surface area contributed by atoms with E-state index in [1.165, 1.54) is 13.4 Å². The molecule has 10 heteroatoms. The molecule has 0 fully saturated rings. The Hall–Kier alpha value is -4.21. The summed E-state index contributed by atoms with van der Waals surface area (Å²) in [6.45, 7) is 0. The molecule has 35 heavy (non-hydrogen) atoms. The van der Waals surface area contributed by atoms with Crippen molar-refractivity contribution in [1.29, 1.82) is 0 Å². The Labute approximate surface area is 202 Å². The molecule has 0 radical (unpaired) electrons. The molecule has 0 saturated carbocycles. The van der Waals surface area contributed by atoms with E-state index in [1.54, 1.807) is 44.2 Å². The van der Waals surface area contributed by atoms with Crippen molar-refractivity contribution < 1.29 is 28.8 Å². The first-order valence-electron chi connectivity index (χ1n) is 11.1. The standard InChI is InChI=1S/C25H26N4O6/c1-32-19-9-13(5-6-17(19)30)23-22-16(28-25-26-12-27-29(23)25)7-14(8-18(22)31)15-10-20(33-2)24(35-4)21(11-15)34-3/h5-6,9-12,14,23,30H,7-8H2,1-4H3,(H,26,27,28). The number of aromatic hydroxyl groups is 1. The molecular weight excluding hydrogens is 452 g/mol. The van der Waals surface area contributed by atoms with Gasteiger partial charge in [-0.1, -0.05) is 6.07 Å². The summed E-state index contributed by atoms with van der Waals surface area (Å²) in [7, 11) is 6.18. The van der Waals surface area contributed by atoms with Crippen molar-refractivity contribution in [3.05, 3.63) is 59.1 Å². The van der Waals surface area contributed by atoms with Crippen LogP contribution in [0.2, 0.25) is 0 Å². The molecule has 1 aliphatic carbocycles. The quantitative estimate of drug-likeness (QED) is 0.549. The largest absolute Gasteiger partial charge is 0.504 e. The van der Waals surface area contributed by atoms with Crippen LogP contribution in [-0.4, -0.2) is 54.1 Å². The van der Waals surface area contributed by atoms with E-state index in [4.69, 9.17) is 18.9 Å². The monoisotopic (exact) mass is 478 g/mol. The summed E-state index contributed by atoms with van der Waals surface area (Å²) in [5, 5.41) is 17.8. The van der Waals surface area contributed by atoms with Crippen molar-refractivity contribution >= 4 is 11.7 Å². The van der Waals surface area contributed by atoms with Gasteiger partial charge >= 0.3 is 0 Å². The smallest absolute Gasteiger partial charge is 0.226 e. The lowest BCUT2D eigenvalue weighted by molar-refractivity contribution is -0.116. The average Bonchev–Trinajstić information content (AvgIpc) is 3.35. The number of nitrogens with one attached hydrogen (secondary N) is 1. The minimum atomic E-state index is -0.494. The van der Waals surface area contributed by atoms with Gasteiger partial charge in [0.15, 0.2) is 28.8 Å². The van der Waals surface area contributed by atoms with Gasteiger partial charge in [-0.05, 0) is 47.7 Å². The summed E-state index contributed by atoms with van der Waals surface area (Å²) in [6.07, 6.45) is 2.33. The number of Topliss-reactive ketones (excluding diaryl/α,β-unsaturated/α-hetero) is 1. The SMILES string of the molecule is COc1cc(C2C3=C(CC(c4cc(OC)c(OC)c(OC)c4)CC3=O)Nc3ncnn32)ccc1O. The number of benzene rings is 2. The van der Waals surface area contributed by atoms with Gasteiger partial charge in [0.1, 0.15) is 12.4 Å². The maximum atomic E-state index is 13.7. The zero-order valence-corrected chi connectivity index (χ0v) is 19.9. The van der Waals surface area contributed by atoms with Gasteiger partial charge in [0.05, 0.1) is 28.4 Å². The van der Waals surface area contributed by atoms with Crippen molar-refractivity contribution in [3.63, 3.8) is 0 Å². The summed E-state index contributed by atoms with van der Waals surface area (Å²) in [5.74, 6) is 2.37. The Bertz CT molecular complexity index is 1310. The Kier molecular flexibility index (Phi) is 5.72. The molecular formula is C25H26N4O6. The lowest BCUT2D eigenvalue weighted by Gasteiger charge is -2.35. The molecule has 10 nitrogen and oxygen atoms in total. The molecule has 1 aromatic heterocycles. The lowest BCUT2D eigenvalue weighted by atomic mass is 9.77. The molecule has 5 rings (SSSR count). The minimum Gasteiger partial charge on any atom is -0.504 e. The highest BCUT2D eigenvalue weighted by molar-refractivity contribution is 6.00. The van der Waals surface area contributed by atoms with E-state index >= 15 is 0 Å². The molecule has 1 aliphatic heterocycles. The summed E-state index contributed by atoms with van der Waals surface area (Å²) >= 11 is 0. The third-order valence-electron chi connectivity index (χ3n) is 6.54. The second kappa shape index (κ2) is 8.86. The Morgan fingerprint density at radius 1 is 0.943 bits per heavy atom. The number of hydrogen-bond donors (Lipinski definition) is 2. The van der Waals surface area contributed by atoms with E-state index in [0.29, 0.717) is 47.4 Å². The number of methoxy groups -OCH3 is 4. The molecule has 0 amide bonds. The van der Waals surface area contributed by atoms with Gasteiger partial charge in [-0.15, -0.1) is 0 Å². The van der Waals surface area contributed by atoms with Crippen molar-refractivity contribution in [3.8, 4) is 28.7 Å². The zero-order valence-electron chi connectivity index (χ0n) is 19.9. The van der Waals surface area contributed by atoms with Gasteiger partial charge in [-0.3, -0.25) is 4.79 Å². The first-order chi connectivity index (χ1) is 17.0. The van der Waals surface area contributed by atoms with E-state index in [1.807, 2.05) is 12.1 Å². The van der Waals surface area contributed by atoms with Crippen molar-refractivity contribution in [1.82, 2.24) is 14.8 Å². The molecule has 2 heterocycles. The molecule has 2 N–H and O–H groups in total. The van der Waals surface area contributed by atoms with Crippen LogP contribution in [0.3, 0.4) is 0 Å². The third kappa shape index (κ3) is 3.71. The number of nitrogens with zero attached hydrogens (tertiary/aromatic N) is 3. The van der Waals surface area contributed by atoms with E-state index in [0.717, 1.165) is 16.8 Å². The van der Waals surface area contributed by atoms with E-state index in [-0.39, 0.29) is 17.5 Å². The fraction of sp³-hybridized carbons (Fsp3) is 0.320. The third-order valence-corrected chi connectivity index (χ3v) is 6.54. The molecule has 0 saturated heterocycles. The Morgan fingerprint density at radius 2 is 1.63 bits per heavy atom. The number of rotatable bonds is 6. The molecule has 0 bridgehead atoms. The van der Waals surface area contributed by atoms with Crippen LogP contribution in [0.5, 0.6) is 28.7 Å². The molecule has 2 atom stereocenters. The predicted octanol–water partition coefficient (Wildman–Crippen LogP) is 3.43. The van der Waals surface area contributed by atoms with Crippen LogP contribution < -0.4 is 24.3 Å². The maximum absolute atomic E-state index is 13.7. The topological polar surface area (TPSA) is 117 Å². The number of carbonyl (C=O) groups is 1. The van der Waals surface area contributed by atoms with Gasteiger partial charge in [-0.25, -0.2) is 4.68 Å². The fourth-order valence-electron chi connectivity index (χ4n) is 4.90. The van der Waals surface area contributed by atoms with Gasteiger partial charge in [0.2, 0.25) is 11.7 Å². The summed E-state index contributed by atoms with van der Waals surface area (Å²) in [6, 6.07) is 8.32. The second-order valence-electron chi connectivity index (χ2n) is 8.37. The second-order valence-corrected chi connectivity index (χ2v) is 8.37. The fourth-order valence-corrected chi connectivity index (χ4v) is 4.90.